The van der Waals surface area contributed by atoms with Crippen LogP contribution in [0.2, 0.25) is 0 Å². The zero-order valence-corrected chi connectivity index (χ0v) is 7.31. The Morgan fingerprint density at radius 3 is 2.12 bits per heavy atom. The summed E-state index contributed by atoms with van der Waals surface area (Å²) in [6.45, 7) is 9.78. The van der Waals surface area contributed by atoms with Crippen LogP contribution in [0.4, 0.5) is 0 Å². The van der Waals surface area contributed by atoms with Crippen molar-refractivity contribution in [3.63, 3.8) is 0 Å². The quantitative estimate of drug-likeness (QED) is 0.507. The van der Waals surface area contributed by atoms with Crippen molar-refractivity contribution in [3.05, 3.63) is 12.3 Å². The van der Waals surface area contributed by atoms with Gasteiger partial charge in [-0.25, -0.2) is 0 Å². The standard InChI is InChI=1S/C6H14OSi/c1-5-8-7-6(2,3)4/h5H,1,8H2,2-4H3. The Kier molecular flexibility index (Phi) is 3.01. The molecular weight excluding hydrogens is 116 g/mol. The molecule has 0 aromatic carbocycles. The van der Waals surface area contributed by atoms with E-state index < -0.39 is 9.76 Å². The van der Waals surface area contributed by atoms with Crippen LogP contribution in [0.1, 0.15) is 20.8 Å². The van der Waals surface area contributed by atoms with E-state index in [4.69, 9.17) is 4.43 Å². The van der Waals surface area contributed by atoms with Gasteiger partial charge >= 0.3 is 0 Å². The molecule has 0 saturated carbocycles. The molecule has 0 heterocycles. The topological polar surface area (TPSA) is 9.23 Å². The molecular formula is C6H14OSi. The molecule has 0 aliphatic carbocycles. The van der Waals surface area contributed by atoms with Crippen LogP contribution >= 0.6 is 0 Å². The van der Waals surface area contributed by atoms with Crippen molar-refractivity contribution in [2.24, 2.45) is 0 Å². The smallest absolute Gasteiger partial charge is 0.185 e. The Bertz CT molecular complexity index is 73.1. The molecule has 0 N–H and O–H groups in total. The van der Waals surface area contributed by atoms with Crippen molar-refractivity contribution < 1.29 is 4.43 Å². The molecule has 0 fully saturated rings. The van der Waals surface area contributed by atoms with Gasteiger partial charge in [-0.2, -0.15) is 0 Å². The molecule has 0 atom stereocenters. The molecule has 0 amide bonds. The summed E-state index contributed by atoms with van der Waals surface area (Å²) in [7, 11) is -0.419. The van der Waals surface area contributed by atoms with E-state index in [1.165, 1.54) is 0 Å². The summed E-state index contributed by atoms with van der Waals surface area (Å²) < 4.78 is 5.40. The Morgan fingerprint density at radius 2 is 2.00 bits per heavy atom. The van der Waals surface area contributed by atoms with E-state index in [1.807, 2.05) is 5.70 Å². The first kappa shape index (κ1) is 7.92. The van der Waals surface area contributed by atoms with Crippen LogP contribution in [0.15, 0.2) is 12.3 Å². The number of hydrogen-bond donors (Lipinski definition) is 0. The molecule has 0 aliphatic rings. The zero-order valence-electron chi connectivity index (χ0n) is 5.90. The SMILES string of the molecule is C=C[SiH2]OC(C)(C)C. The van der Waals surface area contributed by atoms with Gasteiger partial charge in [0.1, 0.15) is 0 Å². The lowest BCUT2D eigenvalue weighted by molar-refractivity contribution is 0.141. The number of hydrogen-bond acceptors (Lipinski definition) is 1. The molecule has 1 nitrogen and oxygen atoms in total. The fourth-order valence-electron chi connectivity index (χ4n) is 0.309. The molecule has 0 saturated heterocycles. The van der Waals surface area contributed by atoms with Gasteiger partial charge in [0.2, 0.25) is 0 Å². The van der Waals surface area contributed by atoms with Crippen molar-refractivity contribution in [1.82, 2.24) is 0 Å². The van der Waals surface area contributed by atoms with Crippen LogP contribution in [0.25, 0.3) is 0 Å². The second kappa shape index (κ2) is 3.05. The van der Waals surface area contributed by atoms with Crippen molar-refractivity contribution in [1.29, 1.82) is 0 Å². The van der Waals surface area contributed by atoms with Gasteiger partial charge in [-0.1, -0.05) is 5.70 Å². The summed E-state index contributed by atoms with van der Waals surface area (Å²) in [5, 5.41) is 0. The molecule has 2 heteroatoms. The maximum absolute atomic E-state index is 5.40. The van der Waals surface area contributed by atoms with Crippen molar-refractivity contribution in [2.45, 2.75) is 26.4 Å². The highest BCUT2D eigenvalue weighted by molar-refractivity contribution is 6.34. The Labute approximate surface area is 53.7 Å². The lowest BCUT2D eigenvalue weighted by atomic mass is 10.2. The van der Waals surface area contributed by atoms with Crippen molar-refractivity contribution >= 4 is 9.76 Å². The monoisotopic (exact) mass is 130 g/mol. The average molecular weight is 130 g/mol. The minimum Gasteiger partial charge on any atom is -0.415 e. The summed E-state index contributed by atoms with van der Waals surface area (Å²) in [6.07, 6.45) is 0. The molecule has 0 spiro atoms. The Balaban J connectivity index is 3.24. The zero-order chi connectivity index (χ0) is 6.62. The van der Waals surface area contributed by atoms with Crippen molar-refractivity contribution in [2.75, 3.05) is 0 Å². The molecule has 8 heavy (non-hydrogen) atoms. The van der Waals surface area contributed by atoms with Crippen LogP contribution in [0.3, 0.4) is 0 Å². The molecule has 0 radical (unpaired) electrons. The van der Waals surface area contributed by atoms with E-state index in [1.54, 1.807) is 0 Å². The van der Waals surface area contributed by atoms with E-state index in [0.717, 1.165) is 0 Å². The van der Waals surface area contributed by atoms with Gasteiger partial charge in [0.25, 0.3) is 0 Å². The van der Waals surface area contributed by atoms with E-state index >= 15 is 0 Å². The van der Waals surface area contributed by atoms with Gasteiger partial charge in [-0.15, -0.1) is 6.58 Å². The predicted molar refractivity (Wildman–Crippen MR) is 39.6 cm³/mol. The third-order valence-corrected chi connectivity index (χ3v) is 1.90. The highest BCUT2D eigenvalue weighted by atomic mass is 28.2. The van der Waals surface area contributed by atoms with Crippen LogP contribution in [0.5, 0.6) is 0 Å². The van der Waals surface area contributed by atoms with E-state index in [9.17, 15) is 0 Å². The van der Waals surface area contributed by atoms with Crippen LogP contribution in [0, 0.1) is 0 Å². The number of rotatable bonds is 2. The molecule has 48 valence electrons. The van der Waals surface area contributed by atoms with Crippen LogP contribution in [-0.4, -0.2) is 15.4 Å². The fourth-order valence-corrected chi connectivity index (χ4v) is 0.927. The summed E-state index contributed by atoms with van der Waals surface area (Å²) in [4.78, 5) is 0. The summed E-state index contributed by atoms with van der Waals surface area (Å²) >= 11 is 0. The normalized spacial score (nSPS) is 12.9. The third-order valence-electron chi connectivity index (χ3n) is 0.634. The average Bonchev–Trinajstić information content (AvgIpc) is 1.59. The molecule has 0 aliphatic heterocycles. The summed E-state index contributed by atoms with van der Waals surface area (Å²) in [5.74, 6) is 0. The van der Waals surface area contributed by atoms with Crippen LogP contribution < -0.4 is 0 Å². The van der Waals surface area contributed by atoms with Gasteiger partial charge in [0.15, 0.2) is 9.76 Å². The van der Waals surface area contributed by atoms with Gasteiger partial charge in [0, 0.05) is 5.60 Å². The highest BCUT2D eigenvalue weighted by Gasteiger charge is 2.06. The summed E-state index contributed by atoms with van der Waals surface area (Å²) in [6, 6.07) is 0. The molecule has 0 aromatic rings. The van der Waals surface area contributed by atoms with Gasteiger partial charge < -0.3 is 4.43 Å². The first-order valence-electron chi connectivity index (χ1n) is 2.81. The Morgan fingerprint density at radius 1 is 1.50 bits per heavy atom. The Hall–Kier alpha value is -0.0831. The second-order valence-corrected chi connectivity index (χ2v) is 3.91. The lowest BCUT2D eigenvalue weighted by Gasteiger charge is -2.18. The fraction of sp³-hybridized carbons (Fsp3) is 0.667. The van der Waals surface area contributed by atoms with E-state index in [0.29, 0.717) is 0 Å². The largest absolute Gasteiger partial charge is 0.415 e. The molecule has 0 aromatic heterocycles. The highest BCUT2D eigenvalue weighted by Crippen LogP contribution is 2.04. The maximum Gasteiger partial charge on any atom is 0.185 e. The van der Waals surface area contributed by atoms with Crippen LogP contribution in [-0.2, 0) is 4.43 Å². The van der Waals surface area contributed by atoms with Crippen molar-refractivity contribution in [3.8, 4) is 0 Å². The third kappa shape index (κ3) is 5.92. The molecule has 0 unspecified atom stereocenters. The minimum atomic E-state index is -0.419. The van der Waals surface area contributed by atoms with Gasteiger partial charge in [-0.05, 0) is 20.8 Å². The van der Waals surface area contributed by atoms with Gasteiger partial charge in [0.05, 0.1) is 0 Å². The molecule has 0 rings (SSSR count). The lowest BCUT2D eigenvalue weighted by Crippen LogP contribution is -2.20. The summed E-state index contributed by atoms with van der Waals surface area (Å²) in [5.41, 5.74) is 1.94. The van der Waals surface area contributed by atoms with Gasteiger partial charge in [-0.3, -0.25) is 0 Å². The first-order valence-corrected chi connectivity index (χ1v) is 4.20. The minimum absolute atomic E-state index is 0.0421. The van der Waals surface area contributed by atoms with E-state index in [2.05, 4.69) is 27.4 Å². The predicted octanol–water partition coefficient (Wildman–Crippen LogP) is 1.03. The molecule has 0 bridgehead atoms. The first-order chi connectivity index (χ1) is 3.56. The second-order valence-electron chi connectivity index (χ2n) is 2.71. The maximum atomic E-state index is 5.40. The van der Waals surface area contributed by atoms with E-state index in [-0.39, 0.29) is 5.60 Å².